The summed E-state index contributed by atoms with van der Waals surface area (Å²) in [4.78, 5) is 16.1. The van der Waals surface area contributed by atoms with Gasteiger partial charge in [0.05, 0.1) is 11.4 Å². The molecule has 0 aliphatic carbocycles. The molecular weight excluding hydrogens is 224 g/mol. The van der Waals surface area contributed by atoms with E-state index in [2.05, 4.69) is 4.98 Å². The molecule has 3 nitrogen and oxygen atoms in total. The molecule has 0 aliphatic rings. The monoisotopic (exact) mass is 238 g/mol. The Morgan fingerprint density at radius 2 is 1.89 bits per heavy atom. The molecule has 1 aromatic heterocycles. The lowest BCUT2D eigenvalue weighted by atomic mass is 10.1. The molecule has 0 aliphatic heterocycles. The van der Waals surface area contributed by atoms with Crippen LogP contribution < -0.4 is 5.73 Å². The van der Waals surface area contributed by atoms with Crippen molar-refractivity contribution in [1.82, 2.24) is 4.98 Å². The standard InChI is InChI=1S/C15H14N2O/c1-11-5-7-12(8-6-11)15(18)14(16)10-13-4-2-3-9-17-13/h2-10H,16H2,1H3. The highest BCUT2D eigenvalue weighted by molar-refractivity contribution is 6.10. The average molecular weight is 238 g/mol. The number of rotatable bonds is 3. The molecule has 0 saturated carbocycles. The van der Waals surface area contributed by atoms with Gasteiger partial charge in [0.25, 0.3) is 0 Å². The highest BCUT2D eigenvalue weighted by Gasteiger charge is 2.08. The van der Waals surface area contributed by atoms with Crippen molar-refractivity contribution >= 4 is 11.9 Å². The van der Waals surface area contributed by atoms with Crippen LogP contribution in [0.25, 0.3) is 6.08 Å². The second kappa shape index (κ2) is 5.27. The minimum absolute atomic E-state index is 0.180. The molecule has 0 unspecified atom stereocenters. The molecule has 0 spiro atoms. The van der Waals surface area contributed by atoms with E-state index in [1.165, 1.54) is 0 Å². The quantitative estimate of drug-likeness (QED) is 0.660. The lowest BCUT2D eigenvalue weighted by molar-refractivity contribution is 0.103. The fourth-order valence-corrected chi connectivity index (χ4v) is 1.56. The van der Waals surface area contributed by atoms with Crippen LogP contribution in [0.15, 0.2) is 54.4 Å². The van der Waals surface area contributed by atoms with Crippen molar-refractivity contribution in [3.8, 4) is 0 Å². The summed E-state index contributed by atoms with van der Waals surface area (Å²) in [5, 5.41) is 0. The summed E-state index contributed by atoms with van der Waals surface area (Å²) in [7, 11) is 0. The zero-order valence-corrected chi connectivity index (χ0v) is 10.1. The Hall–Kier alpha value is -2.42. The van der Waals surface area contributed by atoms with Crippen LogP contribution in [-0.4, -0.2) is 10.8 Å². The normalized spacial score (nSPS) is 11.3. The number of nitrogens with two attached hydrogens (primary N) is 1. The molecule has 0 bridgehead atoms. The Bertz CT molecular complexity index is 571. The van der Waals surface area contributed by atoms with E-state index < -0.39 is 0 Å². The molecule has 1 aromatic carbocycles. The Labute approximate surface area is 106 Å². The Morgan fingerprint density at radius 1 is 1.17 bits per heavy atom. The van der Waals surface area contributed by atoms with E-state index in [1.807, 2.05) is 31.2 Å². The number of benzene rings is 1. The second-order valence-corrected chi connectivity index (χ2v) is 4.05. The number of nitrogens with zero attached hydrogens (tertiary/aromatic N) is 1. The van der Waals surface area contributed by atoms with Crippen molar-refractivity contribution in [2.24, 2.45) is 5.73 Å². The number of allylic oxidation sites excluding steroid dienone is 1. The van der Waals surface area contributed by atoms with Crippen LogP contribution in [0, 0.1) is 6.92 Å². The van der Waals surface area contributed by atoms with Gasteiger partial charge in [-0.15, -0.1) is 0 Å². The number of Topliss-reactive ketones (excluding diaryl/α,β-unsaturated/α-hetero) is 1. The molecular formula is C15H14N2O. The van der Waals surface area contributed by atoms with Crippen molar-refractivity contribution in [3.05, 3.63) is 71.2 Å². The minimum Gasteiger partial charge on any atom is -0.395 e. The van der Waals surface area contributed by atoms with Crippen LogP contribution in [0.3, 0.4) is 0 Å². The molecule has 90 valence electrons. The van der Waals surface area contributed by atoms with Gasteiger partial charge in [-0.3, -0.25) is 9.78 Å². The van der Waals surface area contributed by atoms with Crippen LogP contribution in [0.1, 0.15) is 21.6 Å². The smallest absolute Gasteiger partial charge is 0.208 e. The topological polar surface area (TPSA) is 56.0 Å². The van der Waals surface area contributed by atoms with E-state index in [4.69, 9.17) is 5.73 Å². The predicted octanol–water partition coefficient (Wildman–Crippen LogP) is 2.57. The summed E-state index contributed by atoms with van der Waals surface area (Å²) >= 11 is 0. The number of ketones is 1. The van der Waals surface area contributed by atoms with E-state index >= 15 is 0 Å². The highest BCUT2D eigenvalue weighted by Crippen LogP contribution is 2.09. The largest absolute Gasteiger partial charge is 0.395 e. The number of hydrogen-bond acceptors (Lipinski definition) is 3. The molecule has 0 amide bonds. The van der Waals surface area contributed by atoms with Crippen molar-refractivity contribution in [2.45, 2.75) is 6.92 Å². The summed E-state index contributed by atoms with van der Waals surface area (Å²) in [5.41, 5.74) is 8.36. The average Bonchev–Trinajstić information content (AvgIpc) is 2.40. The molecule has 2 rings (SSSR count). The zero-order valence-electron chi connectivity index (χ0n) is 10.1. The molecule has 2 N–H and O–H groups in total. The summed E-state index contributed by atoms with van der Waals surface area (Å²) in [6, 6.07) is 12.8. The van der Waals surface area contributed by atoms with E-state index in [1.54, 1.807) is 30.5 Å². The van der Waals surface area contributed by atoms with Crippen LogP contribution >= 0.6 is 0 Å². The molecule has 2 aromatic rings. The van der Waals surface area contributed by atoms with Crippen molar-refractivity contribution in [3.63, 3.8) is 0 Å². The fourth-order valence-electron chi connectivity index (χ4n) is 1.56. The summed E-state index contributed by atoms with van der Waals surface area (Å²) < 4.78 is 0. The van der Waals surface area contributed by atoms with E-state index in [0.29, 0.717) is 11.3 Å². The Morgan fingerprint density at radius 3 is 2.50 bits per heavy atom. The van der Waals surface area contributed by atoms with E-state index in [0.717, 1.165) is 5.56 Å². The van der Waals surface area contributed by atoms with Crippen molar-refractivity contribution in [1.29, 1.82) is 0 Å². The Balaban J connectivity index is 2.24. The van der Waals surface area contributed by atoms with Crippen molar-refractivity contribution in [2.75, 3.05) is 0 Å². The lowest BCUT2D eigenvalue weighted by Gasteiger charge is -2.02. The van der Waals surface area contributed by atoms with Crippen LogP contribution in [-0.2, 0) is 0 Å². The minimum atomic E-state index is -0.180. The fraction of sp³-hybridized carbons (Fsp3) is 0.0667. The van der Waals surface area contributed by atoms with Crippen molar-refractivity contribution < 1.29 is 4.79 Å². The Kier molecular flexibility index (Phi) is 3.53. The van der Waals surface area contributed by atoms with Gasteiger partial charge in [0, 0.05) is 11.8 Å². The SMILES string of the molecule is Cc1ccc(C(=O)C(N)=Cc2ccccn2)cc1. The van der Waals surface area contributed by atoms with Crippen LogP contribution in [0.4, 0.5) is 0 Å². The predicted molar refractivity (Wildman–Crippen MR) is 71.9 cm³/mol. The third-order valence-corrected chi connectivity index (χ3v) is 2.57. The number of pyridine rings is 1. The zero-order chi connectivity index (χ0) is 13.0. The maximum Gasteiger partial charge on any atom is 0.208 e. The first kappa shape index (κ1) is 12.0. The maximum atomic E-state index is 12.0. The van der Waals surface area contributed by atoms with Gasteiger partial charge in [0.1, 0.15) is 0 Å². The molecule has 0 radical (unpaired) electrons. The summed E-state index contributed by atoms with van der Waals surface area (Å²) in [5.74, 6) is -0.180. The van der Waals surface area contributed by atoms with Gasteiger partial charge in [-0.05, 0) is 25.1 Å². The molecule has 3 heteroatoms. The second-order valence-electron chi connectivity index (χ2n) is 4.05. The molecule has 0 atom stereocenters. The number of carbonyl (C=O) groups excluding carboxylic acids is 1. The number of hydrogen-bond donors (Lipinski definition) is 1. The van der Waals surface area contributed by atoms with E-state index in [-0.39, 0.29) is 11.5 Å². The van der Waals surface area contributed by atoms with Gasteiger partial charge in [-0.25, -0.2) is 0 Å². The number of carbonyl (C=O) groups is 1. The van der Waals surface area contributed by atoms with Gasteiger partial charge in [-0.2, -0.15) is 0 Å². The van der Waals surface area contributed by atoms with Gasteiger partial charge in [0.15, 0.2) is 0 Å². The first-order valence-electron chi connectivity index (χ1n) is 5.66. The van der Waals surface area contributed by atoms with Gasteiger partial charge in [0.2, 0.25) is 5.78 Å². The molecule has 0 fully saturated rings. The first-order valence-corrected chi connectivity index (χ1v) is 5.66. The van der Waals surface area contributed by atoms with Crippen LogP contribution in [0.2, 0.25) is 0 Å². The number of aromatic nitrogens is 1. The van der Waals surface area contributed by atoms with Crippen LogP contribution in [0.5, 0.6) is 0 Å². The number of aryl methyl sites for hydroxylation is 1. The van der Waals surface area contributed by atoms with E-state index in [9.17, 15) is 4.79 Å². The summed E-state index contributed by atoms with van der Waals surface area (Å²) in [6.45, 7) is 1.97. The summed E-state index contributed by atoms with van der Waals surface area (Å²) in [6.07, 6.45) is 3.25. The molecule has 18 heavy (non-hydrogen) atoms. The first-order chi connectivity index (χ1) is 8.66. The highest BCUT2D eigenvalue weighted by atomic mass is 16.1. The maximum absolute atomic E-state index is 12.0. The third-order valence-electron chi connectivity index (χ3n) is 2.57. The third kappa shape index (κ3) is 2.83. The van der Waals surface area contributed by atoms with Gasteiger partial charge in [-0.1, -0.05) is 35.9 Å². The van der Waals surface area contributed by atoms with Gasteiger partial charge < -0.3 is 5.73 Å². The van der Waals surface area contributed by atoms with Gasteiger partial charge >= 0.3 is 0 Å². The molecule has 0 saturated heterocycles. The lowest BCUT2D eigenvalue weighted by Crippen LogP contribution is -2.11. The molecule has 1 heterocycles.